The third-order valence-corrected chi connectivity index (χ3v) is 4.18. The summed E-state index contributed by atoms with van der Waals surface area (Å²) in [4.78, 5) is 28.0. The lowest BCUT2D eigenvalue weighted by atomic mass is 10.1. The number of hydrogen-bond donors (Lipinski definition) is 0. The molecule has 0 unspecified atom stereocenters. The molecule has 0 saturated carbocycles. The first kappa shape index (κ1) is 18.9. The molecule has 1 saturated heterocycles. The van der Waals surface area contributed by atoms with E-state index >= 15 is 0 Å². The van der Waals surface area contributed by atoms with Gasteiger partial charge in [-0.05, 0) is 24.6 Å². The van der Waals surface area contributed by atoms with Crippen LogP contribution in [0.5, 0.6) is 11.5 Å². The summed E-state index contributed by atoms with van der Waals surface area (Å²) in [5.74, 6) is 1.02. The van der Waals surface area contributed by atoms with Crippen molar-refractivity contribution in [1.29, 1.82) is 0 Å². The van der Waals surface area contributed by atoms with Crippen molar-refractivity contribution in [2.75, 3.05) is 47.0 Å². The maximum Gasteiger partial charge on any atom is 0.409 e. The Morgan fingerprint density at radius 1 is 1.00 bits per heavy atom. The zero-order chi connectivity index (χ0) is 18.2. The molecule has 138 valence electrons. The summed E-state index contributed by atoms with van der Waals surface area (Å²) in [7, 11) is 3.09. The molecule has 7 nitrogen and oxygen atoms in total. The van der Waals surface area contributed by atoms with Gasteiger partial charge >= 0.3 is 6.09 Å². The third kappa shape index (κ3) is 4.78. The van der Waals surface area contributed by atoms with E-state index in [4.69, 9.17) is 14.2 Å². The first-order valence-electron chi connectivity index (χ1n) is 8.53. The molecule has 1 aliphatic heterocycles. The normalized spacial score (nSPS) is 14.2. The zero-order valence-corrected chi connectivity index (χ0v) is 15.1. The quantitative estimate of drug-likeness (QED) is 0.737. The lowest BCUT2D eigenvalue weighted by Gasteiger charge is -2.34. The molecule has 0 spiro atoms. The molecule has 1 fully saturated rings. The molecular formula is C18H26N2O5. The van der Waals surface area contributed by atoms with E-state index in [0.717, 1.165) is 12.8 Å². The highest BCUT2D eigenvalue weighted by atomic mass is 16.6. The topological polar surface area (TPSA) is 68.3 Å². The molecule has 0 aromatic heterocycles. The first-order chi connectivity index (χ1) is 12.1. The number of rotatable bonds is 6. The molecule has 1 aliphatic rings. The molecule has 7 heteroatoms. The Morgan fingerprint density at radius 2 is 1.64 bits per heavy atom. The van der Waals surface area contributed by atoms with Crippen LogP contribution in [-0.2, 0) is 4.74 Å². The lowest BCUT2D eigenvalue weighted by molar-refractivity contribution is 0.0557. The fourth-order valence-electron chi connectivity index (χ4n) is 2.64. The van der Waals surface area contributed by atoms with Crippen LogP contribution in [0.25, 0.3) is 0 Å². The van der Waals surface area contributed by atoms with Crippen molar-refractivity contribution >= 4 is 12.0 Å². The minimum Gasteiger partial charge on any atom is -0.493 e. The molecule has 25 heavy (non-hydrogen) atoms. The smallest absolute Gasteiger partial charge is 0.409 e. The third-order valence-electron chi connectivity index (χ3n) is 4.18. The van der Waals surface area contributed by atoms with Crippen LogP contribution in [0.2, 0.25) is 0 Å². The van der Waals surface area contributed by atoms with E-state index in [1.54, 1.807) is 35.1 Å². The van der Waals surface area contributed by atoms with Gasteiger partial charge in [0.15, 0.2) is 11.5 Å². The summed E-state index contributed by atoms with van der Waals surface area (Å²) in [6.45, 7) is 4.41. The Balaban J connectivity index is 1.92. The Kier molecular flexibility index (Phi) is 6.91. The maximum absolute atomic E-state index is 12.6. The van der Waals surface area contributed by atoms with Gasteiger partial charge in [0.2, 0.25) is 0 Å². The number of benzene rings is 1. The van der Waals surface area contributed by atoms with Crippen LogP contribution in [0.15, 0.2) is 18.2 Å². The fourth-order valence-corrected chi connectivity index (χ4v) is 2.64. The minimum atomic E-state index is -0.299. The van der Waals surface area contributed by atoms with Gasteiger partial charge in [-0.1, -0.05) is 13.3 Å². The zero-order valence-electron chi connectivity index (χ0n) is 15.1. The highest BCUT2D eigenvalue weighted by Gasteiger charge is 2.26. The van der Waals surface area contributed by atoms with E-state index in [0.29, 0.717) is 49.8 Å². The van der Waals surface area contributed by atoms with Crippen LogP contribution in [0.1, 0.15) is 30.1 Å². The van der Waals surface area contributed by atoms with Crippen molar-refractivity contribution in [1.82, 2.24) is 9.80 Å². The van der Waals surface area contributed by atoms with E-state index in [1.807, 2.05) is 6.92 Å². The molecule has 1 aromatic carbocycles. The van der Waals surface area contributed by atoms with E-state index in [9.17, 15) is 9.59 Å². The number of amides is 2. The largest absolute Gasteiger partial charge is 0.493 e. The Morgan fingerprint density at radius 3 is 2.24 bits per heavy atom. The predicted molar refractivity (Wildman–Crippen MR) is 93.3 cm³/mol. The SMILES string of the molecule is CCCCOC(=O)N1CCN(C(=O)c2ccc(OC)c(OC)c2)CC1. The monoisotopic (exact) mass is 350 g/mol. The number of nitrogens with zero attached hydrogens (tertiary/aromatic N) is 2. The Bertz CT molecular complexity index is 597. The summed E-state index contributed by atoms with van der Waals surface area (Å²) in [5.41, 5.74) is 0.539. The number of unbranched alkanes of at least 4 members (excludes halogenated alkanes) is 1. The second-order valence-electron chi connectivity index (χ2n) is 5.82. The number of ether oxygens (including phenoxy) is 3. The second kappa shape index (κ2) is 9.15. The van der Waals surface area contributed by atoms with Crippen molar-refractivity contribution in [3.05, 3.63) is 23.8 Å². The van der Waals surface area contributed by atoms with E-state index in [-0.39, 0.29) is 12.0 Å². The summed E-state index contributed by atoms with van der Waals surface area (Å²) in [5, 5.41) is 0. The van der Waals surface area contributed by atoms with Crippen LogP contribution in [0, 0.1) is 0 Å². The standard InChI is InChI=1S/C18H26N2O5/c1-4-5-12-25-18(22)20-10-8-19(9-11-20)17(21)14-6-7-15(23-2)16(13-14)24-3/h6-7,13H,4-5,8-12H2,1-3H3. The molecular weight excluding hydrogens is 324 g/mol. The van der Waals surface area contributed by atoms with Gasteiger partial charge in [-0.2, -0.15) is 0 Å². The molecule has 2 rings (SSSR count). The molecule has 0 bridgehead atoms. The van der Waals surface area contributed by atoms with Gasteiger partial charge in [-0.3, -0.25) is 4.79 Å². The van der Waals surface area contributed by atoms with Crippen molar-refractivity contribution in [3.8, 4) is 11.5 Å². The van der Waals surface area contributed by atoms with Gasteiger partial charge in [0.05, 0.1) is 20.8 Å². The number of methoxy groups -OCH3 is 2. The van der Waals surface area contributed by atoms with Gasteiger partial charge < -0.3 is 24.0 Å². The maximum atomic E-state index is 12.6. The van der Waals surface area contributed by atoms with Gasteiger partial charge in [0, 0.05) is 31.7 Å². The van der Waals surface area contributed by atoms with Gasteiger partial charge in [0.25, 0.3) is 5.91 Å². The summed E-state index contributed by atoms with van der Waals surface area (Å²) < 4.78 is 15.6. The van der Waals surface area contributed by atoms with E-state index < -0.39 is 0 Å². The van der Waals surface area contributed by atoms with Gasteiger partial charge in [0.1, 0.15) is 0 Å². The molecule has 2 amide bonds. The number of piperazine rings is 1. The lowest BCUT2D eigenvalue weighted by Crippen LogP contribution is -2.50. The van der Waals surface area contributed by atoms with Crippen LogP contribution in [0.3, 0.4) is 0 Å². The number of hydrogen-bond acceptors (Lipinski definition) is 5. The Labute approximate surface area is 148 Å². The summed E-state index contributed by atoms with van der Waals surface area (Å²) in [6.07, 6.45) is 1.55. The van der Waals surface area contributed by atoms with Crippen LogP contribution in [-0.4, -0.2) is 68.8 Å². The predicted octanol–water partition coefficient (Wildman–Crippen LogP) is 2.40. The molecule has 1 heterocycles. The molecule has 0 N–H and O–H groups in total. The second-order valence-corrected chi connectivity index (χ2v) is 5.82. The molecule has 1 aromatic rings. The number of carbonyl (C=O) groups is 2. The van der Waals surface area contributed by atoms with Crippen LogP contribution < -0.4 is 9.47 Å². The first-order valence-corrected chi connectivity index (χ1v) is 8.53. The highest BCUT2D eigenvalue weighted by molar-refractivity contribution is 5.95. The van der Waals surface area contributed by atoms with Gasteiger partial charge in [-0.25, -0.2) is 4.79 Å². The average Bonchev–Trinajstić information content (AvgIpc) is 2.67. The molecule has 0 atom stereocenters. The number of carbonyl (C=O) groups excluding carboxylic acids is 2. The molecule has 0 radical (unpaired) electrons. The van der Waals surface area contributed by atoms with E-state index in [1.165, 1.54) is 7.11 Å². The summed E-state index contributed by atoms with van der Waals surface area (Å²) >= 11 is 0. The van der Waals surface area contributed by atoms with Crippen LogP contribution in [0.4, 0.5) is 4.79 Å². The fraction of sp³-hybridized carbons (Fsp3) is 0.556. The minimum absolute atomic E-state index is 0.0834. The van der Waals surface area contributed by atoms with Gasteiger partial charge in [-0.15, -0.1) is 0 Å². The van der Waals surface area contributed by atoms with Crippen LogP contribution >= 0.6 is 0 Å². The van der Waals surface area contributed by atoms with Crippen molar-refractivity contribution < 1.29 is 23.8 Å². The highest BCUT2D eigenvalue weighted by Crippen LogP contribution is 2.28. The van der Waals surface area contributed by atoms with E-state index in [2.05, 4.69) is 0 Å². The molecule has 0 aliphatic carbocycles. The average molecular weight is 350 g/mol. The summed E-state index contributed by atoms with van der Waals surface area (Å²) in [6, 6.07) is 5.11. The Hall–Kier alpha value is -2.44. The van der Waals surface area contributed by atoms with Crippen molar-refractivity contribution in [2.24, 2.45) is 0 Å². The van der Waals surface area contributed by atoms with Crippen molar-refractivity contribution in [3.63, 3.8) is 0 Å². The van der Waals surface area contributed by atoms with Crippen molar-refractivity contribution in [2.45, 2.75) is 19.8 Å².